The van der Waals surface area contributed by atoms with Gasteiger partial charge in [-0.25, -0.2) is 0 Å². The molecule has 302 valence electrons. The lowest BCUT2D eigenvalue weighted by atomic mass is 9.65. The number of hydrogen-bond acceptors (Lipinski definition) is 12. The fourth-order valence-electron chi connectivity index (χ4n) is 8.66. The number of carbonyl (C=O) groups is 2. The Bertz CT molecular complexity index is 2470. The van der Waals surface area contributed by atoms with Crippen molar-refractivity contribution in [3.63, 3.8) is 0 Å². The van der Waals surface area contributed by atoms with Gasteiger partial charge in [0.05, 0.1) is 5.56 Å². The Morgan fingerprint density at radius 2 is 1.45 bits per heavy atom. The van der Waals surface area contributed by atoms with Crippen LogP contribution in [0.2, 0.25) is 0 Å². The van der Waals surface area contributed by atoms with Crippen molar-refractivity contribution in [1.82, 2.24) is 0 Å². The molecule has 0 amide bonds. The van der Waals surface area contributed by atoms with Gasteiger partial charge in [0.25, 0.3) is 0 Å². The Kier molecular flexibility index (Phi) is 9.97. The number of phenols is 7. The third kappa shape index (κ3) is 6.47. The number of phenolic OH excluding ortho intramolecular Hbond substituents is 7. The number of benzene rings is 4. The average molecular weight is 791 g/mol. The Morgan fingerprint density at radius 3 is 2.10 bits per heavy atom. The minimum atomic E-state index is -2.77. The van der Waals surface area contributed by atoms with Crippen LogP contribution in [0.15, 0.2) is 89.5 Å². The monoisotopic (exact) mass is 790 g/mol. The summed E-state index contributed by atoms with van der Waals surface area (Å²) in [4.78, 5) is 29.9. The number of rotatable bonds is 9. The third-order valence-corrected chi connectivity index (χ3v) is 11.4. The molecular formula is C46H46O12. The van der Waals surface area contributed by atoms with E-state index in [4.69, 9.17) is 9.47 Å². The summed E-state index contributed by atoms with van der Waals surface area (Å²) in [5.41, 5.74) is 0.395. The van der Waals surface area contributed by atoms with E-state index in [1.807, 2.05) is 27.7 Å². The van der Waals surface area contributed by atoms with E-state index in [0.29, 0.717) is 12.0 Å². The Morgan fingerprint density at radius 1 is 0.810 bits per heavy atom. The number of Topliss-reactive ketones (excluding diaryl/α,β-unsaturated/α-hetero) is 2. The molecule has 8 N–H and O–H groups in total. The van der Waals surface area contributed by atoms with Gasteiger partial charge in [0.1, 0.15) is 57.3 Å². The van der Waals surface area contributed by atoms with E-state index >= 15 is 4.79 Å². The topological polar surface area (TPSA) is 214 Å². The molecule has 0 bridgehead atoms. The first kappa shape index (κ1) is 39.8. The molecule has 0 aromatic heterocycles. The van der Waals surface area contributed by atoms with Gasteiger partial charge in [0.2, 0.25) is 11.4 Å². The van der Waals surface area contributed by atoms with Crippen molar-refractivity contribution in [3.05, 3.63) is 123 Å². The third-order valence-electron chi connectivity index (χ3n) is 11.4. The minimum absolute atomic E-state index is 0.00487. The SMILES string of the molecule is CC(C)=CCc1c(O)c(C2C=C(C)CC(Cc3ccc(O)cc3O)C2C(=O)c2ccc(O)cc2O)c(O)c2c1OC1(CC=C(C)C)c3ccc(O)cc3OC1(O)C2=O. The lowest BCUT2D eigenvalue weighted by Crippen LogP contribution is -2.62. The van der Waals surface area contributed by atoms with Gasteiger partial charge in [-0.15, -0.1) is 0 Å². The zero-order valence-electron chi connectivity index (χ0n) is 32.7. The summed E-state index contributed by atoms with van der Waals surface area (Å²) in [6.45, 7) is 9.15. The van der Waals surface area contributed by atoms with E-state index in [1.165, 1.54) is 48.5 Å². The minimum Gasteiger partial charge on any atom is -0.508 e. The number of ether oxygens (including phenoxy) is 2. The highest BCUT2D eigenvalue weighted by Gasteiger charge is 2.70. The van der Waals surface area contributed by atoms with Gasteiger partial charge >= 0.3 is 5.79 Å². The second-order valence-electron chi connectivity index (χ2n) is 16.1. The van der Waals surface area contributed by atoms with Gasteiger partial charge in [-0.3, -0.25) is 9.59 Å². The molecule has 0 saturated carbocycles. The van der Waals surface area contributed by atoms with Crippen molar-refractivity contribution < 1.29 is 59.9 Å². The summed E-state index contributed by atoms with van der Waals surface area (Å²) in [5.74, 6) is -10.3. The number of hydrogen-bond donors (Lipinski definition) is 8. The highest BCUT2D eigenvalue weighted by Crippen LogP contribution is 2.61. The highest BCUT2D eigenvalue weighted by molar-refractivity contribution is 6.10. The normalized spacial score (nSPS) is 23.0. The molecule has 0 saturated heterocycles. The average Bonchev–Trinajstić information content (AvgIpc) is 3.39. The maximum absolute atomic E-state index is 15.0. The van der Waals surface area contributed by atoms with E-state index in [2.05, 4.69) is 0 Å². The molecule has 4 aromatic carbocycles. The number of aliphatic hydroxyl groups is 1. The summed E-state index contributed by atoms with van der Waals surface area (Å²) in [6, 6.07) is 11.7. The molecule has 12 nitrogen and oxygen atoms in total. The van der Waals surface area contributed by atoms with Crippen molar-refractivity contribution in [2.45, 2.75) is 77.6 Å². The van der Waals surface area contributed by atoms with Gasteiger partial charge in [-0.05, 0) is 95.7 Å². The number of ketones is 2. The van der Waals surface area contributed by atoms with E-state index in [0.717, 1.165) is 22.8 Å². The first-order valence-electron chi connectivity index (χ1n) is 19.0. The van der Waals surface area contributed by atoms with Crippen LogP contribution in [-0.4, -0.2) is 58.2 Å². The second-order valence-corrected chi connectivity index (χ2v) is 16.1. The molecule has 0 radical (unpaired) electrons. The van der Waals surface area contributed by atoms with Crippen LogP contribution in [0, 0.1) is 11.8 Å². The predicted octanol–water partition coefficient (Wildman–Crippen LogP) is 7.83. The summed E-state index contributed by atoms with van der Waals surface area (Å²) in [5, 5.41) is 89.6. The standard InChI is InChI=1S/C46H46O12/c1-22(2)6-11-31-41(53)38(42(54)39-43(31)58-45(15-14-23(3)4)33-13-10-29(49)21-36(33)57-46(45,56)44(39)55)32-17-24(5)16-26(18-25-7-8-27(47)19-34(25)50)37(32)40(52)30-12-9-28(48)20-35(30)51/h6-10,12-14,17,19-21,26,32,37,47-51,53-54,56H,11,15-16,18H2,1-5H3. The van der Waals surface area contributed by atoms with Crippen LogP contribution >= 0.6 is 0 Å². The molecule has 58 heavy (non-hydrogen) atoms. The van der Waals surface area contributed by atoms with Crippen LogP contribution in [0.1, 0.15) is 96.3 Å². The van der Waals surface area contributed by atoms with Crippen LogP contribution in [0.25, 0.3) is 0 Å². The molecule has 12 heteroatoms. The quantitative estimate of drug-likeness (QED) is 0.0602. The van der Waals surface area contributed by atoms with Gasteiger partial charge in [0.15, 0.2) is 5.78 Å². The molecule has 5 atom stereocenters. The number of fused-ring (bicyclic) bond motifs is 4. The molecule has 2 aliphatic heterocycles. The van der Waals surface area contributed by atoms with Gasteiger partial charge in [-0.2, -0.15) is 0 Å². The Balaban J connectivity index is 1.49. The van der Waals surface area contributed by atoms with Gasteiger partial charge < -0.3 is 50.3 Å². The molecule has 1 aliphatic carbocycles. The molecule has 4 aromatic rings. The van der Waals surface area contributed by atoms with Crippen LogP contribution in [0.4, 0.5) is 0 Å². The maximum Gasteiger partial charge on any atom is 0.318 e. The van der Waals surface area contributed by atoms with E-state index in [-0.39, 0.29) is 76.0 Å². The van der Waals surface area contributed by atoms with E-state index < -0.39 is 63.5 Å². The molecule has 0 fully saturated rings. The zero-order valence-corrected chi connectivity index (χ0v) is 32.7. The number of aromatic hydroxyl groups is 7. The van der Waals surface area contributed by atoms with Crippen LogP contribution in [-0.2, 0) is 18.4 Å². The van der Waals surface area contributed by atoms with Crippen molar-refractivity contribution >= 4 is 11.6 Å². The first-order valence-corrected chi connectivity index (χ1v) is 19.0. The van der Waals surface area contributed by atoms with Gasteiger partial charge in [0, 0.05) is 53.1 Å². The zero-order chi connectivity index (χ0) is 42.0. The fourth-order valence-corrected chi connectivity index (χ4v) is 8.66. The first-order chi connectivity index (χ1) is 27.4. The summed E-state index contributed by atoms with van der Waals surface area (Å²) < 4.78 is 12.8. The summed E-state index contributed by atoms with van der Waals surface area (Å²) >= 11 is 0. The lowest BCUT2D eigenvalue weighted by Gasteiger charge is -2.44. The van der Waals surface area contributed by atoms with E-state index in [9.17, 15) is 45.6 Å². The van der Waals surface area contributed by atoms with Crippen LogP contribution in [0.3, 0.4) is 0 Å². The summed E-state index contributed by atoms with van der Waals surface area (Å²) in [7, 11) is 0. The number of carbonyl (C=O) groups excluding carboxylic acids is 2. The predicted molar refractivity (Wildman–Crippen MR) is 213 cm³/mol. The Hall–Kier alpha value is -6.40. The molecule has 2 heterocycles. The van der Waals surface area contributed by atoms with Crippen molar-refractivity contribution in [3.8, 4) is 51.7 Å². The van der Waals surface area contributed by atoms with Crippen LogP contribution in [0.5, 0.6) is 51.7 Å². The second kappa shape index (κ2) is 14.5. The maximum atomic E-state index is 15.0. The molecule has 0 spiro atoms. The van der Waals surface area contributed by atoms with E-state index in [1.54, 1.807) is 25.2 Å². The largest absolute Gasteiger partial charge is 0.508 e. The fraction of sp³-hybridized carbons (Fsp3) is 0.304. The molecule has 3 aliphatic rings. The highest BCUT2D eigenvalue weighted by atomic mass is 16.7. The van der Waals surface area contributed by atoms with Crippen molar-refractivity contribution in [1.29, 1.82) is 0 Å². The lowest BCUT2D eigenvalue weighted by molar-refractivity contribution is -0.202. The smallest absolute Gasteiger partial charge is 0.318 e. The van der Waals surface area contributed by atoms with Crippen molar-refractivity contribution in [2.75, 3.05) is 0 Å². The Labute approximate surface area is 334 Å². The van der Waals surface area contributed by atoms with Crippen LogP contribution < -0.4 is 9.47 Å². The van der Waals surface area contributed by atoms with Crippen molar-refractivity contribution in [2.24, 2.45) is 11.8 Å². The summed E-state index contributed by atoms with van der Waals surface area (Å²) in [6.07, 6.45) is 5.55. The molecule has 7 rings (SSSR count). The van der Waals surface area contributed by atoms with Gasteiger partial charge in [-0.1, -0.05) is 41.0 Å². The molecular weight excluding hydrogens is 744 g/mol. The number of allylic oxidation sites excluding steroid dienone is 5. The molecule has 5 unspecified atom stereocenters.